The first-order valence-corrected chi connectivity index (χ1v) is 7.47. The average Bonchev–Trinajstić information content (AvgIpc) is 2.93. The molecule has 1 aliphatic carbocycles. The quantitative estimate of drug-likeness (QED) is 0.903. The standard InChI is InChI=1S/C17H21N3/c1-2-9-19-17(14-7-11-18-12-8-14)15-6-5-13-4-3-10-20-16(13)15/h3-4,7-8,10-12,15,17,19H,2,5-6,9H2,1H3. The average molecular weight is 267 g/mol. The zero-order valence-corrected chi connectivity index (χ0v) is 11.9. The second-order valence-electron chi connectivity index (χ2n) is 5.41. The summed E-state index contributed by atoms with van der Waals surface area (Å²) in [5.41, 5.74) is 4.00. The van der Waals surface area contributed by atoms with E-state index in [1.165, 1.54) is 23.2 Å². The van der Waals surface area contributed by atoms with Gasteiger partial charge in [0.15, 0.2) is 0 Å². The van der Waals surface area contributed by atoms with E-state index in [0.717, 1.165) is 19.4 Å². The van der Waals surface area contributed by atoms with Crippen LogP contribution in [-0.4, -0.2) is 16.5 Å². The molecule has 0 saturated heterocycles. The van der Waals surface area contributed by atoms with Crippen LogP contribution in [0.15, 0.2) is 42.9 Å². The number of nitrogens with one attached hydrogen (secondary N) is 1. The van der Waals surface area contributed by atoms with E-state index in [4.69, 9.17) is 0 Å². The number of nitrogens with zero attached hydrogens (tertiary/aromatic N) is 2. The van der Waals surface area contributed by atoms with E-state index in [0.29, 0.717) is 12.0 Å². The van der Waals surface area contributed by atoms with Gasteiger partial charge in [-0.05, 0) is 55.1 Å². The summed E-state index contributed by atoms with van der Waals surface area (Å²) in [4.78, 5) is 8.78. The van der Waals surface area contributed by atoms with Gasteiger partial charge in [0.05, 0.1) is 0 Å². The lowest BCUT2D eigenvalue weighted by Gasteiger charge is -2.25. The molecule has 2 atom stereocenters. The van der Waals surface area contributed by atoms with Gasteiger partial charge in [0.1, 0.15) is 0 Å². The van der Waals surface area contributed by atoms with Gasteiger partial charge in [0, 0.05) is 36.2 Å². The van der Waals surface area contributed by atoms with Crippen molar-refractivity contribution in [3.05, 3.63) is 59.7 Å². The summed E-state index contributed by atoms with van der Waals surface area (Å²) >= 11 is 0. The maximum Gasteiger partial charge on any atom is 0.0485 e. The minimum absolute atomic E-state index is 0.342. The molecule has 3 rings (SSSR count). The van der Waals surface area contributed by atoms with Crippen LogP contribution in [-0.2, 0) is 6.42 Å². The van der Waals surface area contributed by atoms with Gasteiger partial charge in [0.2, 0.25) is 0 Å². The highest BCUT2D eigenvalue weighted by Gasteiger charge is 2.31. The van der Waals surface area contributed by atoms with Crippen LogP contribution in [0.3, 0.4) is 0 Å². The van der Waals surface area contributed by atoms with Crippen molar-refractivity contribution in [2.45, 2.75) is 38.1 Å². The van der Waals surface area contributed by atoms with E-state index in [-0.39, 0.29) is 0 Å². The van der Waals surface area contributed by atoms with E-state index < -0.39 is 0 Å². The van der Waals surface area contributed by atoms with Crippen LogP contribution in [0.25, 0.3) is 0 Å². The first-order chi connectivity index (χ1) is 9.90. The number of aryl methyl sites for hydroxylation is 1. The Morgan fingerprint density at radius 1 is 1.25 bits per heavy atom. The molecule has 0 aromatic carbocycles. The second kappa shape index (κ2) is 6.14. The molecule has 2 aromatic rings. The second-order valence-corrected chi connectivity index (χ2v) is 5.41. The maximum atomic E-state index is 4.64. The van der Waals surface area contributed by atoms with Crippen molar-refractivity contribution in [3.8, 4) is 0 Å². The van der Waals surface area contributed by atoms with Crippen LogP contribution < -0.4 is 5.32 Å². The zero-order valence-electron chi connectivity index (χ0n) is 11.9. The lowest BCUT2D eigenvalue weighted by atomic mass is 9.91. The smallest absolute Gasteiger partial charge is 0.0485 e. The molecule has 2 aromatic heterocycles. The summed E-state index contributed by atoms with van der Waals surface area (Å²) in [7, 11) is 0. The van der Waals surface area contributed by atoms with Gasteiger partial charge in [0.25, 0.3) is 0 Å². The van der Waals surface area contributed by atoms with Gasteiger partial charge >= 0.3 is 0 Å². The van der Waals surface area contributed by atoms with Crippen molar-refractivity contribution >= 4 is 0 Å². The first-order valence-electron chi connectivity index (χ1n) is 7.47. The predicted molar refractivity (Wildman–Crippen MR) is 80.6 cm³/mol. The Hall–Kier alpha value is -1.74. The molecular weight excluding hydrogens is 246 g/mol. The highest BCUT2D eigenvalue weighted by Crippen LogP contribution is 2.40. The van der Waals surface area contributed by atoms with Crippen LogP contribution in [0.1, 0.15) is 48.5 Å². The molecule has 0 saturated carbocycles. The normalized spacial score (nSPS) is 18.8. The molecule has 3 heteroatoms. The number of hydrogen-bond donors (Lipinski definition) is 1. The summed E-state index contributed by atoms with van der Waals surface area (Å²) < 4.78 is 0. The van der Waals surface area contributed by atoms with Crippen molar-refractivity contribution < 1.29 is 0 Å². The SMILES string of the molecule is CCCNC(c1ccncc1)C1CCc2cccnc21. The number of hydrogen-bond acceptors (Lipinski definition) is 3. The monoisotopic (exact) mass is 267 g/mol. The fourth-order valence-corrected chi connectivity index (χ4v) is 3.13. The van der Waals surface area contributed by atoms with E-state index in [1.54, 1.807) is 0 Å². The number of rotatable bonds is 5. The molecule has 2 heterocycles. The highest BCUT2D eigenvalue weighted by atomic mass is 14.9. The summed E-state index contributed by atoms with van der Waals surface area (Å²) in [5, 5.41) is 3.70. The Morgan fingerprint density at radius 3 is 2.90 bits per heavy atom. The van der Waals surface area contributed by atoms with Crippen LogP contribution in [0.2, 0.25) is 0 Å². The molecule has 0 aliphatic heterocycles. The third-order valence-electron chi connectivity index (χ3n) is 4.08. The van der Waals surface area contributed by atoms with Gasteiger partial charge in [-0.3, -0.25) is 9.97 Å². The van der Waals surface area contributed by atoms with Crippen molar-refractivity contribution in [3.63, 3.8) is 0 Å². The molecule has 0 fully saturated rings. The molecule has 1 N–H and O–H groups in total. The molecule has 0 radical (unpaired) electrons. The fraction of sp³-hybridized carbons (Fsp3) is 0.412. The third-order valence-corrected chi connectivity index (χ3v) is 4.08. The largest absolute Gasteiger partial charge is 0.309 e. The minimum atomic E-state index is 0.342. The fourth-order valence-electron chi connectivity index (χ4n) is 3.13. The maximum absolute atomic E-state index is 4.64. The zero-order chi connectivity index (χ0) is 13.8. The van der Waals surface area contributed by atoms with E-state index in [2.05, 4.69) is 40.4 Å². The molecule has 104 valence electrons. The van der Waals surface area contributed by atoms with E-state index in [1.807, 2.05) is 24.7 Å². The first kappa shape index (κ1) is 13.3. The Labute approximate surface area is 120 Å². The Kier molecular flexibility index (Phi) is 4.07. The molecule has 2 unspecified atom stereocenters. The Balaban J connectivity index is 1.91. The van der Waals surface area contributed by atoms with Crippen molar-refractivity contribution in [1.82, 2.24) is 15.3 Å². The Bertz CT molecular complexity index is 553. The molecule has 3 nitrogen and oxygen atoms in total. The summed E-state index contributed by atoms with van der Waals surface area (Å²) in [6, 6.07) is 8.84. The third kappa shape index (κ3) is 2.59. The molecule has 20 heavy (non-hydrogen) atoms. The van der Waals surface area contributed by atoms with Gasteiger partial charge < -0.3 is 5.32 Å². The topological polar surface area (TPSA) is 37.8 Å². The highest BCUT2D eigenvalue weighted by molar-refractivity contribution is 5.33. The van der Waals surface area contributed by atoms with Crippen molar-refractivity contribution in [2.75, 3.05) is 6.54 Å². The molecule has 0 amide bonds. The minimum Gasteiger partial charge on any atom is -0.309 e. The lowest BCUT2D eigenvalue weighted by Crippen LogP contribution is -2.27. The molecule has 0 bridgehead atoms. The Morgan fingerprint density at radius 2 is 2.10 bits per heavy atom. The molecule has 0 spiro atoms. The van der Waals surface area contributed by atoms with Gasteiger partial charge in [-0.15, -0.1) is 0 Å². The van der Waals surface area contributed by atoms with Crippen LogP contribution in [0.5, 0.6) is 0 Å². The summed E-state index contributed by atoms with van der Waals surface area (Å²) in [6.45, 7) is 3.24. The van der Waals surface area contributed by atoms with E-state index >= 15 is 0 Å². The van der Waals surface area contributed by atoms with Gasteiger partial charge in [-0.1, -0.05) is 13.0 Å². The van der Waals surface area contributed by atoms with Gasteiger partial charge in [-0.2, -0.15) is 0 Å². The number of aromatic nitrogens is 2. The lowest BCUT2D eigenvalue weighted by molar-refractivity contribution is 0.437. The predicted octanol–water partition coefficient (Wildman–Crippen LogP) is 3.25. The van der Waals surface area contributed by atoms with Crippen LogP contribution >= 0.6 is 0 Å². The number of pyridine rings is 2. The van der Waals surface area contributed by atoms with Crippen molar-refractivity contribution in [2.24, 2.45) is 0 Å². The van der Waals surface area contributed by atoms with Crippen LogP contribution in [0, 0.1) is 0 Å². The van der Waals surface area contributed by atoms with Crippen LogP contribution in [0.4, 0.5) is 0 Å². The molecule has 1 aliphatic rings. The summed E-state index contributed by atoms with van der Waals surface area (Å²) in [6.07, 6.45) is 9.14. The number of fused-ring (bicyclic) bond motifs is 1. The molecular formula is C17H21N3. The van der Waals surface area contributed by atoms with E-state index in [9.17, 15) is 0 Å². The van der Waals surface area contributed by atoms with Gasteiger partial charge in [-0.25, -0.2) is 0 Å². The summed E-state index contributed by atoms with van der Waals surface area (Å²) in [5.74, 6) is 0.472. The van der Waals surface area contributed by atoms with Crippen molar-refractivity contribution in [1.29, 1.82) is 0 Å².